The minimum atomic E-state index is -0.967. The van der Waals surface area contributed by atoms with Crippen molar-refractivity contribution in [2.24, 2.45) is 0 Å². The number of aliphatic hydroxyl groups excluding tert-OH is 7. The molecule has 5 unspecified atom stereocenters. The summed E-state index contributed by atoms with van der Waals surface area (Å²) in [7, 11) is 0. The van der Waals surface area contributed by atoms with Crippen LogP contribution in [0.5, 0.6) is 0 Å². The van der Waals surface area contributed by atoms with Gasteiger partial charge in [-0.1, -0.05) is 71.1 Å². The number of cyclic esters (lactones) is 1. The highest BCUT2D eigenvalue weighted by atomic mass is 16.5. The summed E-state index contributed by atoms with van der Waals surface area (Å²) in [6.07, 6.45) is 9.08. The number of carbonyl (C=O) groups excluding carboxylic acids is 1. The van der Waals surface area contributed by atoms with Gasteiger partial charge >= 0.3 is 5.97 Å². The van der Waals surface area contributed by atoms with E-state index in [9.17, 15) is 40.5 Å². The first-order chi connectivity index (χ1) is 21.5. The molecule has 2 heterocycles. The number of rotatable bonds is 26. The van der Waals surface area contributed by atoms with Crippen molar-refractivity contribution in [1.29, 1.82) is 0 Å². The minimum absolute atomic E-state index is 0.0107. The Balaban J connectivity index is 1.54. The van der Waals surface area contributed by atoms with Crippen molar-refractivity contribution in [2.75, 3.05) is 0 Å². The molecule has 7 N–H and O–H groups in total. The Morgan fingerprint density at radius 1 is 0.667 bits per heavy atom. The number of unbranched alkanes of at least 4 members (excludes halogenated alkanes) is 9. The van der Waals surface area contributed by atoms with Crippen molar-refractivity contribution in [3.63, 3.8) is 0 Å². The largest absolute Gasteiger partial charge is 0.455 e. The Hall–Kier alpha value is -1.11. The third-order valence-electron chi connectivity index (χ3n) is 9.34. The van der Waals surface area contributed by atoms with Gasteiger partial charge in [-0.15, -0.1) is 0 Å². The quantitative estimate of drug-likeness (QED) is 0.0539. The molecule has 2 aliphatic heterocycles. The molecule has 10 atom stereocenters. The number of hydrogen-bond acceptors (Lipinski definition) is 10. The van der Waals surface area contributed by atoms with Crippen LogP contribution in [0, 0.1) is 0 Å². The maximum Gasteiger partial charge on any atom is 0.334 e. The maximum atomic E-state index is 11.7. The summed E-state index contributed by atoms with van der Waals surface area (Å²) in [5.41, 5.74) is 0.446. The van der Waals surface area contributed by atoms with Crippen molar-refractivity contribution in [1.82, 2.24) is 0 Å². The van der Waals surface area contributed by atoms with E-state index in [-0.39, 0.29) is 51.0 Å². The summed E-state index contributed by atoms with van der Waals surface area (Å²) in [4.78, 5) is 11.7. The maximum absolute atomic E-state index is 11.7. The van der Waals surface area contributed by atoms with E-state index in [0.717, 1.165) is 19.3 Å². The molecule has 0 saturated carbocycles. The first kappa shape index (κ1) is 40.1. The van der Waals surface area contributed by atoms with Gasteiger partial charge in [-0.25, -0.2) is 4.79 Å². The van der Waals surface area contributed by atoms with Crippen molar-refractivity contribution in [3.8, 4) is 0 Å². The van der Waals surface area contributed by atoms with Crippen LogP contribution in [0.25, 0.3) is 0 Å². The molecule has 0 aliphatic carbocycles. The standard InChI is InChI=1S/C35H64O10/c1-3-4-5-6-7-8-9-10-11-12-13-29(39)30(40)16-14-27(37)22-28(38)23-32(42)34-19-18-33(45-34)31(41)17-15-26(36)21-25-20-24(2)44-35(25)43/h20,24,26-34,36-42H,3-19,21-23H2,1-2H3/t24?,26?,27?,28?,29-,30-,31-,32?,33+,34+/m1/s1. The predicted octanol–water partition coefficient (Wildman–Crippen LogP) is 3.97. The monoisotopic (exact) mass is 644 g/mol. The Bertz CT molecular complexity index is 822. The van der Waals surface area contributed by atoms with Crippen LogP contribution < -0.4 is 0 Å². The van der Waals surface area contributed by atoms with Crippen LogP contribution in [0.4, 0.5) is 0 Å². The number of aliphatic hydroxyl groups is 7. The number of ether oxygens (including phenoxy) is 2. The van der Waals surface area contributed by atoms with Crippen LogP contribution in [0.15, 0.2) is 11.6 Å². The Morgan fingerprint density at radius 3 is 1.82 bits per heavy atom. The van der Waals surface area contributed by atoms with E-state index >= 15 is 0 Å². The number of esters is 1. The molecule has 0 bridgehead atoms. The molecule has 10 nitrogen and oxygen atoms in total. The van der Waals surface area contributed by atoms with E-state index in [4.69, 9.17) is 9.47 Å². The molecule has 45 heavy (non-hydrogen) atoms. The Morgan fingerprint density at radius 2 is 1.22 bits per heavy atom. The van der Waals surface area contributed by atoms with Crippen molar-refractivity contribution in [2.45, 2.75) is 203 Å². The number of hydrogen-bond donors (Lipinski definition) is 7. The highest BCUT2D eigenvalue weighted by Crippen LogP contribution is 2.29. The second-order valence-corrected chi connectivity index (χ2v) is 13.6. The smallest absolute Gasteiger partial charge is 0.334 e. The molecule has 0 aromatic rings. The molecule has 1 fully saturated rings. The minimum Gasteiger partial charge on any atom is -0.455 e. The number of carbonyl (C=O) groups is 1. The molecule has 10 heteroatoms. The fraction of sp³-hybridized carbons (Fsp3) is 0.914. The summed E-state index contributed by atoms with van der Waals surface area (Å²) >= 11 is 0. The molecule has 2 aliphatic rings. The van der Waals surface area contributed by atoms with Crippen LogP contribution >= 0.6 is 0 Å². The van der Waals surface area contributed by atoms with E-state index < -0.39 is 60.9 Å². The molecule has 0 spiro atoms. The fourth-order valence-electron chi connectivity index (χ4n) is 6.49. The second kappa shape index (κ2) is 22.5. The van der Waals surface area contributed by atoms with Gasteiger partial charge in [0.2, 0.25) is 0 Å². The molecule has 0 aromatic carbocycles. The first-order valence-corrected chi connectivity index (χ1v) is 17.8. The topological polar surface area (TPSA) is 177 Å². The van der Waals surface area contributed by atoms with Crippen LogP contribution in [0.3, 0.4) is 0 Å². The highest BCUT2D eigenvalue weighted by Gasteiger charge is 2.36. The summed E-state index contributed by atoms with van der Waals surface area (Å²) < 4.78 is 10.9. The van der Waals surface area contributed by atoms with E-state index in [2.05, 4.69) is 6.92 Å². The fourth-order valence-corrected chi connectivity index (χ4v) is 6.49. The molecule has 1 saturated heterocycles. The molecule has 264 valence electrons. The van der Waals surface area contributed by atoms with Crippen molar-refractivity contribution in [3.05, 3.63) is 11.6 Å². The summed E-state index contributed by atoms with van der Waals surface area (Å²) in [5, 5.41) is 72.9. The van der Waals surface area contributed by atoms with Gasteiger partial charge in [0, 0.05) is 18.4 Å². The van der Waals surface area contributed by atoms with Gasteiger partial charge in [0.05, 0.1) is 54.9 Å². The van der Waals surface area contributed by atoms with Crippen LogP contribution in [0.1, 0.15) is 142 Å². The van der Waals surface area contributed by atoms with Gasteiger partial charge in [-0.05, 0) is 64.4 Å². The molecule has 0 aromatic heterocycles. The third kappa shape index (κ3) is 16.5. The average molecular weight is 645 g/mol. The van der Waals surface area contributed by atoms with Gasteiger partial charge in [0.15, 0.2) is 0 Å². The van der Waals surface area contributed by atoms with E-state index in [1.807, 2.05) is 0 Å². The lowest BCUT2D eigenvalue weighted by molar-refractivity contribution is -0.139. The SMILES string of the molecule is CCCCCCCCCCCC[C@@H](O)[C@H](O)CCC(O)CC(O)CC(O)[C@@H]1CC[C@@H]([C@H](O)CCC(O)CC2=CC(C)OC2=O)O1. The van der Waals surface area contributed by atoms with Gasteiger partial charge in [0.1, 0.15) is 6.10 Å². The van der Waals surface area contributed by atoms with E-state index in [0.29, 0.717) is 24.8 Å². The van der Waals surface area contributed by atoms with Crippen LogP contribution in [0.2, 0.25) is 0 Å². The van der Waals surface area contributed by atoms with E-state index in [1.54, 1.807) is 13.0 Å². The van der Waals surface area contributed by atoms with E-state index in [1.165, 1.54) is 44.9 Å². The van der Waals surface area contributed by atoms with Crippen molar-refractivity contribution < 1.29 is 50.0 Å². The third-order valence-corrected chi connectivity index (χ3v) is 9.34. The predicted molar refractivity (Wildman–Crippen MR) is 172 cm³/mol. The normalized spacial score (nSPS) is 25.0. The summed E-state index contributed by atoms with van der Waals surface area (Å²) in [6.45, 7) is 3.98. The van der Waals surface area contributed by atoms with Gasteiger partial charge in [-0.2, -0.15) is 0 Å². The van der Waals surface area contributed by atoms with Gasteiger partial charge in [-0.3, -0.25) is 0 Å². The summed E-state index contributed by atoms with van der Waals surface area (Å²) in [5.74, 6) is -0.418. The molecule has 0 amide bonds. The van der Waals surface area contributed by atoms with Crippen LogP contribution in [-0.4, -0.2) is 103 Å². The molecule has 0 radical (unpaired) electrons. The van der Waals surface area contributed by atoms with Crippen LogP contribution in [-0.2, 0) is 14.3 Å². The van der Waals surface area contributed by atoms with Gasteiger partial charge < -0.3 is 45.2 Å². The molecular formula is C35H64O10. The second-order valence-electron chi connectivity index (χ2n) is 13.6. The molecular weight excluding hydrogens is 580 g/mol. The zero-order valence-corrected chi connectivity index (χ0v) is 27.8. The Kier molecular flexibility index (Phi) is 20.0. The Labute approximate surface area is 270 Å². The van der Waals surface area contributed by atoms with Crippen molar-refractivity contribution >= 4 is 5.97 Å². The zero-order valence-electron chi connectivity index (χ0n) is 27.8. The summed E-state index contributed by atoms with van der Waals surface area (Å²) in [6, 6.07) is 0. The highest BCUT2D eigenvalue weighted by molar-refractivity contribution is 5.90. The lowest BCUT2D eigenvalue weighted by atomic mass is 9.96. The zero-order chi connectivity index (χ0) is 33.2. The molecule has 2 rings (SSSR count). The lowest BCUT2D eigenvalue weighted by Gasteiger charge is -2.25. The lowest BCUT2D eigenvalue weighted by Crippen LogP contribution is -2.34. The average Bonchev–Trinajstić information content (AvgIpc) is 3.61. The first-order valence-electron chi connectivity index (χ1n) is 17.8. The van der Waals surface area contributed by atoms with Gasteiger partial charge in [0.25, 0.3) is 0 Å².